The fourth-order valence-corrected chi connectivity index (χ4v) is 5.45. The number of nitrogens with zero attached hydrogens (tertiary/aromatic N) is 3. The van der Waals surface area contributed by atoms with Crippen molar-refractivity contribution in [3.05, 3.63) is 34.7 Å². The van der Waals surface area contributed by atoms with Crippen molar-refractivity contribution < 1.29 is 8.42 Å². The molecule has 0 radical (unpaired) electrons. The zero-order valence-corrected chi connectivity index (χ0v) is 14.0. The lowest BCUT2D eigenvalue weighted by molar-refractivity contribution is 0.373. The van der Waals surface area contributed by atoms with Crippen molar-refractivity contribution in [3.63, 3.8) is 0 Å². The van der Waals surface area contributed by atoms with E-state index in [0.717, 1.165) is 16.3 Å². The Balaban J connectivity index is 1.94. The van der Waals surface area contributed by atoms with Crippen LogP contribution in [0.2, 0.25) is 0 Å². The van der Waals surface area contributed by atoms with Crippen molar-refractivity contribution in [1.82, 2.24) is 13.9 Å². The van der Waals surface area contributed by atoms with E-state index in [4.69, 9.17) is 0 Å². The molecule has 0 bridgehead atoms. The summed E-state index contributed by atoms with van der Waals surface area (Å²) in [5, 5.41) is 0. The number of sulfonamides is 1. The van der Waals surface area contributed by atoms with Gasteiger partial charge in [-0.2, -0.15) is 4.31 Å². The Morgan fingerprint density at radius 3 is 2.71 bits per heavy atom. The Bertz CT molecular complexity index is 759. The van der Waals surface area contributed by atoms with Gasteiger partial charge in [-0.1, -0.05) is 0 Å². The summed E-state index contributed by atoms with van der Waals surface area (Å²) in [5.41, 5.74) is 2.05. The summed E-state index contributed by atoms with van der Waals surface area (Å²) in [6, 6.07) is 3.84. The van der Waals surface area contributed by atoms with E-state index in [1.807, 2.05) is 19.3 Å². The van der Waals surface area contributed by atoms with Gasteiger partial charge in [0.2, 0.25) is 0 Å². The summed E-state index contributed by atoms with van der Waals surface area (Å²) in [6.45, 7) is 7.00. The quantitative estimate of drug-likeness (QED) is 0.871. The lowest BCUT2D eigenvalue weighted by Crippen LogP contribution is -2.36. The molecule has 2 aromatic heterocycles. The second-order valence-electron chi connectivity index (χ2n) is 5.59. The minimum absolute atomic E-state index is 0.285. The van der Waals surface area contributed by atoms with E-state index >= 15 is 0 Å². The van der Waals surface area contributed by atoms with Crippen LogP contribution in [-0.4, -0.2) is 28.8 Å². The molecule has 0 unspecified atom stereocenters. The Labute approximate surface area is 129 Å². The van der Waals surface area contributed by atoms with Gasteiger partial charge in [0, 0.05) is 23.9 Å². The predicted molar refractivity (Wildman–Crippen MR) is 83.0 cm³/mol. The third-order valence-electron chi connectivity index (χ3n) is 3.77. The second kappa shape index (κ2) is 5.23. The first kappa shape index (κ1) is 14.7. The molecule has 0 amide bonds. The first-order valence-corrected chi connectivity index (χ1v) is 9.26. The smallest absolute Gasteiger partial charge is 0.252 e. The molecule has 0 saturated carbocycles. The molecular formula is C14H19N3O2S2. The van der Waals surface area contributed by atoms with Crippen LogP contribution in [0.1, 0.15) is 36.2 Å². The highest BCUT2D eigenvalue weighted by Gasteiger charge is 2.31. The van der Waals surface area contributed by atoms with E-state index in [1.54, 1.807) is 10.4 Å². The molecule has 0 N–H and O–H groups in total. The molecule has 2 aromatic rings. The van der Waals surface area contributed by atoms with Crippen molar-refractivity contribution in [1.29, 1.82) is 0 Å². The number of rotatable bonds is 3. The topological polar surface area (TPSA) is 55.2 Å². The van der Waals surface area contributed by atoms with Crippen LogP contribution in [0.15, 0.2) is 22.7 Å². The minimum atomic E-state index is -3.39. The van der Waals surface area contributed by atoms with Crippen LogP contribution in [0.4, 0.5) is 0 Å². The highest BCUT2D eigenvalue weighted by atomic mass is 32.2. The molecule has 114 valence electrons. The van der Waals surface area contributed by atoms with Crippen molar-refractivity contribution in [3.8, 4) is 0 Å². The van der Waals surface area contributed by atoms with E-state index in [0.29, 0.717) is 23.7 Å². The van der Waals surface area contributed by atoms with Crippen molar-refractivity contribution >= 4 is 21.4 Å². The number of aryl methyl sites for hydroxylation is 1. The van der Waals surface area contributed by atoms with Gasteiger partial charge in [-0.05, 0) is 32.9 Å². The lowest BCUT2D eigenvalue weighted by Gasteiger charge is -2.27. The Morgan fingerprint density at radius 2 is 2.10 bits per heavy atom. The number of thiophene rings is 1. The van der Waals surface area contributed by atoms with Gasteiger partial charge in [-0.25, -0.2) is 13.4 Å². The molecule has 21 heavy (non-hydrogen) atoms. The van der Waals surface area contributed by atoms with E-state index < -0.39 is 10.0 Å². The molecule has 3 heterocycles. The van der Waals surface area contributed by atoms with E-state index in [-0.39, 0.29) is 6.04 Å². The third-order valence-corrected chi connectivity index (χ3v) is 7.09. The van der Waals surface area contributed by atoms with Crippen LogP contribution in [0, 0.1) is 6.92 Å². The van der Waals surface area contributed by atoms with Gasteiger partial charge in [-0.3, -0.25) is 0 Å². The van der Waals surface area contributed by atoms with Gasteiger partial charge in [0.25, 0.3) is 10.0 Å². The highest BCUT2D eigenvalue weighted by molar-refractivity contribution is 7.91. The molecule has 5 nitrogen and oxygen atoms in total. The zero-order chi connectivity index (χ0) is 15.2. The fourth-order valence-electron chi connectivity index (χ4n) is 2.61. The predicted octanol–water partition coefficient (Wildman–Crippen LogP) is 2.58. The molecule has 0 aliphatic carbocycles. The van der Waals surface area contributed by atoms with E-state index in [1.165, 1.54) is 11.3 Å². The first-order valence-electron chi connectivity index (χ1n) is 7.01. The summed E-state index contributed by atoms with van der Waals surface area (Å²) in [5.74, 6) is 0. The van der Waals surface area contributed by atoms with Crippen LogP contribution >= 0.6 is 11.3 Å². The standard InChI is InChI=1S/C14H19N3O2S2/c1-10(2)17-9-15-12-6-7-16(8-13(12)17)21(18,19)14-5-4-11(3)20-14/h4-5,9-10H,6-8H2,1-3H3. The number of hydrogen-bond acceptors (Lipinski definition) is 4. The maximum absolute atomic E-state index is 12.7. The molecule has 1 aliphatic heterocycles. The van der Waals surface area contributed by atoms with Crippen LogP contribution in [-0.2, 0) is 23.0 Å². The van der Waals surface area contributed by atoms with Crippen LogP contribution < -0.4 is 0 Å². The number of hydrogen-bond donors (Lipinski definition) is 0. The van der Waals surface area contributed by atoms with Crippen LogP contribution in [0.5, 0.6) is 0 Å². The summed E-state index contributed by atoms with van der Waals surface area (Å²) in [6.07, 6.45) is 2.50. The third kappa shape index (κ3) is 2.54. The molecule has 7 heteroatoms. The van der Waals surface area contributed by atoms with E-state index in [2.05, 4.69) is 23.4 Å². The second-order valence-corrected chi connectivity index (χ2v) is 9.05. The molecule has 0 atom stereocenters. The van der Waals surface area contributed by atoms with Gasteiger partial charge in [-0.15, -0.1) is 11.3 Å². The maximum atomic E-state index is 12.7. The highest BCUT2D eigenvalue weighted by Crippen LogP contribution is 2.29. The first-order chi connectivity index (χ1) is 9.89. The van der Waals surface area contributed by atoms with Crippen molar-refractivity contribution in [2.24, 2.45) is 0 Å². The number of imidazole rings is 1. The molecule has 0 fully saturated rings. The Hall–Kier alpha value is -1.18. The molecule has 0 aromatic carbocycles. The van der Waals surface area contributed by atoms with Gasteiger partial charge < -0.3 is 4.57 Å². The zero-order valence-electron chi connectivity index (χ0n) is 12.4. The summed E-state index contributed by atoms with van der Waals surface area (Å²) in [7, 11) is -3.39. The van der Waals surface area contributed by atoms with Crippen LogP contribution in [0.25, 0.3) is 0 Å². The van der Waals surface area contributed by atoms with Gasteiger partial charge in [0.05, 0.1) is 24.3 Å². The summed E-state index contributed by atoms with van der Waals surface area (Å²) < 4.78 is 29.5. The average Bonchev–Trinajstić information content (AvgIpc) is 3.03. The normalized spacial score (nSPS) is 16.4. The number of aromatic nitrogens is 2. The van der Waals surface area contributed by atoms with Crippen molar-refractivity contribution in [2.45, 2.75) is 44.0 Å². The fraction of sp³-hybridized carbons (Fsp3) is 0.500. The molecule has 0 saturated heterocycles. The van der Waals surface area contributed by atoms with Crippen LogP contribution in [0.3, 0.4) is 0 Å². The summed E-state index contributed by atoms with van der Waals surface area (Å²) >= 11 is 1.33. The average molecular weight is 325 g/mol. The minimum Gasteiger partial charge on any atom is -0.331 e. The largest absolute Gasteiger partial charge is 0.331 e. The monoisotopic (exact) mass is 325 g/mol. The van der Waals surface area contributed by atoms with Gasteiger partial charge >= 0.3 is 0 Å². The molecule has 0 spiro atoms. The molecular weight excluding hydrogens is 306 g/mol. The van der Waals surface area contributed by atoms with E-state index in [9.17, 15) is 8.42 Å². The maximum Gasteiger partial charge on any atom is 0.252 e. The number of fused-ring (bicyclic) bond motifs is 1. The van der Waals surface area contributed by atoms with Gasteiger partial charge in [0.15, 0.2) is 0 Å². The van der Waals surface area contributed by atoms with Crippen molar-refractivity contribution in [2.75, 3.05) is 6.54 Å². The molecule has 3 rings (SSSR count). The Kier molecular flexibility index (Phi) is 3.67. The Morgan fingerprint density at radius 1 is 1.33 bits per heavy atom. The lowest BCUT2D eigenvalue weighted by atomic mass is 10.2. The molecule has 1 aliphatic rings. The van der Waals surface area contributed by atoms with Gasteiger partial charge in [0.1, 0.15) is 4.21 Å². The SMILES string of the molecule is Cc1ccc(S(=O)(=O)N2CCc3ncn(C(C)C)c3C2)s1. The summed E-state index contributed by atoms with van der Waals surface area (Å²) in [4.78, 5) is 5.43.